The molecule has 4 aromatic rings. The van der Waals surface area contributed by atoms with Crippen LogP contribution in [-0.2, 0) is 24.7 Å². The predicted molar refractivity (Wildman–Crippen MR) is 202 cm³/mol. The maximum absolute atomic E-state index is 13.0. The summed E-state index contributed by atoms with van der Waals surface area (Å²) < 4.78 is 48.3. The maximum Gasteiger partial charge on any atom is 0.422 e. The van der Waals surface area contributed by atoms with Crippen LogP contribution in [0.4, 0.5) is 36.4 Å². The van der Waals surface area contributed by atoms with Crippen molar-refractivity contribution in [3.8, 4) is 6.01 Å². The van der Waals surface area contributed by atoms with Gasteiger partial charge in [0.1, 0.15) is 0 Å². The first kappa shape index (κ1) is 40.9. The number of hydrogen-bond acceptors (Lipinski definition) is 11. The second kappa shape index (κ2) is 17.5. The maximum atomic E-state index is 13.0. The van der Waals surface area contributed by atoms with E-state index < -0.39 is 53.4 Å². The normalized spacial score (nSPS) is 13.3. The smallest absolute Gasteiger partial charge is 0.422 e. The van der Waals surface area contributed by atoms with Crippen molar-refractivity contribution in [2.24, 2.45) is 5.41 Å². The standard InChI is InChI=1S/C38H38ClF3N8O6/c1-36(2,21-44-31(53)32(54)46-28-7-5-4-6-23(28)10-17-29(51)55-3)20-43-30(52)24-8-15-27(16-9-24)45-33-47-34(49-35(48-33)56-22-38(40,41)42)50-37(18-19-37)25-11-13-26(39)14-12-25/h4-17H,18-22H2,1-3H3,(H,43,52)(H,44,53)(H,46,54)(H2,45,47,48,49,50). The number of hydrogen-bond donors (Lipinski definition) is 5. The monoisotopic (exact) mass is 794 g/mol. The van der Waals surface area contributed by atoms with Gasteiger partial charge in [-0.2, -0.15) is 28.1 Å². The number of esters is 1. The number of amides is 3. The van der Waals surface area contributed by atoms with Gasteiger partial charge in [-0.3, -0.25) is 14.4 Å². The van der Waals surface area contributed by atoms with Crippen molar-refractivity contribution >= 4 is 64.6 Å². The number of aromatic nitrogens is 3. The number of nitrogens with zero attached hydrogens (tertiary/aromatic N) is 3. The van der Waals surface area contributed by atoms with E-state index in [-0.39, 0.29) is 25.0 Å². The van der Waals surface area contributed by atoms with Gasteiger partial charge in [-0.05, 0) is 77.9 Å². The Bertz CT molecular complexity index is 2090. The zero-order chi connectivity index (χ0) is 40.5. The fraction of sp³-hybridized carbons (Fsp3) is 0.289. The molecule has 0 atom stereocenters. The third-order valence-corrected chi connectivity index (χ3v) is 8.60. The lowest BCUT2D eigenvalue weighted by molar-refractivity contribution is -0.154. The highest BCUT2D eigenvalue weighted by atomic mass is 35.5. The molecule has 0 spiro atoms. The summed E-state index contributed by atoms with van der Waals surface area (Å²) in [5, 5.41) is 14.6. The second-order valence-corrected chi connectivity index (χ2v) is 13.9. The molecule has 5 rings (SSSR count). The molecule has 1 saturated carbocycles. The number of rotatable bonds is 15. The molecular weight excluding hydrogens is 757 g/mol. The molecule has 3 amide bonds. The molecule has 14 nitrogen and oxygen atoms in total. The van der Waals surface area contributed by atoms with E-state index in [9.17, 15) is 32.3 Å². The van der Waals surface area contributed by atoms with Crippen molar-refractivity contribution in [1.29, 1.82) is 0 Å². The molecule has 3 aromatic carbocycles. The summed E-state index contributed by atoms with van der Waals surface area (Å²) in [6.45, 7) is 2.15. The van der Waals surface area contributed by atoms with Crippen LogP contribution in [0.1, 0.15) is 48.2 Å². The zero-order valence-corrected chi connectivity index (χ0v) is 31.2. The Hall–Kier alpha value is -6.23. The van der Waals surface area contributed by atoms with Crippen molar-refractivity contribution < 1.29 is 41.8 Å². The highest BCUT2D eigenvalue weighted by Gasteiger charge is 2.45. The number of carbonyl (C=O) groups is 4. The Morgan fingerprint density at radius 2 is 1.52 bits per heavy atom. The van der Waals surface area contributed by atoms with Crippen LogP contribution in [0.3, 0.4) is 0 Å². The number of nitrogens with one attached hydrogen (secondary N) is 5. The minimum absolute atomic E-state index is 0.00206. The third-order valence-electron chi connectivity index (χ3n) is 8.35. The Morgan fingerprint density at radius 1 is 0.857 bits per heavy atom. The lowest BCUT2D eigenvalue weighted by atomic mass is 9.93. The second-order valence-electron chi connectivity index (χ2n) is 13.5. The van der Waals surface area contributed by atoms with E-state index >= 15 is 0 Å². The van der Waals surface area contributed by atoms with Gasteiger partial charge in [0.05, 0.1) is 12.6 Å². The van der Waals surface area contributed by atoms with Gasteiger partial charge in [0, 0.05) is 41.1 Å². The number of benzene rings is 3. The highest BCUT2D eigenvalue weighted by molar-refractivity contribution is 6.39. The van der Waals surface area contributed by atoms with E-state index in [1.54, 1.807) is 62.4 Å². The largest absolute Gasteiger partial charge is 0.466 e. The average Bonchev–Trinajstić information content (AvgIpc) is 3.95. The number of alkyl halides is 3. The first-order chi connectivity index (χ1) is 26.5. The van der Waals surface area contributed by atoms with Crippen LogP contribution in [-0.4, -0.2) is 71.6 Å². The SMILES string of the molecule is COC(=O)C=Cc1ccccc1NC(=O)C(=O)NCC(C)(C)CNC(=O)c1ccc(Nc2nc(NC3(c4ccc(Cl)cc4)CC3)nc(OCC(F)(F)F)n2)cc1. The quantitative estimate of drug-likeness (QED) is 0.0540. The van der Waals surface area contributed by atoms with Gasteiger partial charge in [-0.15, -0.1) is 0 Å². The Balaban J connectivity index is 1.16. The minimum atomic E-state index is -4.62. The summed E-state index contributed by atoms with van der Waals surface area (Å²) in [6.07, 6.45) is -0.535. The highest BCUT2D eigenvalue weighted by Crippen LogP contribution is 2.48. The van der Waals surface area contributed by atoms with E-state index in [0.717, 1.165) is 18.4 Å². The Labute approximate surface area is 324 Å². The van der Waals surface area contributed by atoms with E-state index in [1.165, 1.54) is 31.4 Å². The lowest BCUT2D eigenvalue weighted by Gasteiger charge is -2.25. The van der Waals surface area contributed by atoms with Crippen LogP contribution in [0.25, 0.3) is 6.08 Å². The summed E-state index contributed by atoms with van der Waals surface area (Å²) in [6, 6.07) is 19.4. The predicted octanol–water partition coefficient (Wildman–Crippen LogP) is 6.01. The molecule has 0 radical (unpaired) electrons. The molecule has 1 fully saturated rings. The first-order valence-electron chi connectivity index (χ1n) is 17.1. The molecular formula is C38H38ClF3N8O6. The molecule has 0 bridgehead atoms. The van der Waals surface area contributed by atoms with Crippen LogP contribution in [0.15, 0.2) is 78.9 Å². The summed E-state index contributed by atoms with van der Waals surface area (Å²) in [7, 11) is 1.24. The fourth-order valence-corrected chi connectivity index (χ4v) is 5.28. The van der Waals surface area contributed by atoms with E-state index in [2.05, 4.69) is 46.3 Å². The number of methoxy groups -OCH3 is 1. The molecule has 294 valence electrons. The Kier molecular flexibility index (Phi) is 12.8. The topological polar surface area (TPSA) is 186 Å². The molecule has 0 saturated heterocycles. The summed E-state index contributed by atoms with van der Waals surface area (Å²) in [5.74, 6) is -2.92. The molecule has 1 aromatic heterocycles. The number of para-hydroxylation sites is 1. The average molecular weight is 795 g/mol. The number of ether oxygens (including phenoxy) is 2. The molecule has 1 aliphatic rings. The molecule has 0 aliphatic heterocycles. The van der Waals surface area contributed by atoms with Gasteiger partial charge in [0.25, 0.3) is 5.91 Å². The first-order valence-corrected chi connectivity index (χ1v) is 17.5. The van der Waals surface area contributed by atoms with Gasteiger partial charge >= 0.3 is 30.0 Å². The van der Waals surface area contributed by atoms with Crippen molar-refractivity contribution in [3.05, 3.63) is 101 Å². The zero-order valence-electron chi connectivity index (χ0n) is 30.4. The van der Waals surface area contributed by atoms with Crippen molar-refractivity contribution in [2.45, 2.75) is 38.4 Å². The van der Waals surface area contributed by atoms with Gasteiger partial charge in [0.2, 0.25) is 11.9 Å². The van der Waals surface area contributed by atoms with Crippen LogP contribution in [0.2, 0.25) is 5.02 Å². The van der Waals surface area contributed by atoms with E-state index in [4.69, 9.17) is 16.3 Å². The van der Waals surface area contributed by atoms with Crippen LogP contribution in [0, 0.1) is 5.41 Å². The van der Waals surface area contributed by atoms with Gasteiger partial charge in [-0.25, -0.2) is 4.79 Å². The molecule has 56 heavy (non-hydrogen) atoms. The van der Waals surface area contributed by atoms with Crippen LogP contribution >= 0.6 is 11.6 Å². The molecule has 18 heteroatoms. The fourth-order valence-electron chi connectivity index (χ4n) is 5.15. The third kappa shape index (κ3) is 11.9. The van der Waals surface area contributed by atoms with Gasteiger partial charge < -0.3 is 36.1 Å². The van der Waals surface area contributed by atoms with Crippen LogP contribution in [0.5, 0.6) is 6.01 Å². The summed E-state index contributed by atoms with van der Waals surface area (Å²) in [4.78, 5) is 62.1. The summed E-state index contributed by atoms with van der Waals surface area (Å²) >= 11 is 6.04. The van der Waals surface area contributed by atoms with E-state index in [0.29, 0.717) is 27.5 Å². The molecule has 1 aliphatic carbocycles. The number of anilines is 4. The minimum Gasteiger partial charge on any atom is -0.466 e. The lowest BCUT2D eigenvalue weighted by Crippen LogP contribution is -2.45. The number of carbonyl (C=O) groups excluding carboxylic acids is 4. The Morgan fingerprint density at radius 3 is 2.18 bits per heavy atom. The van der Waals surface area contributed by atoms with E-state index in [1.807, 2.05) is 12.1 Å². The van der Waals surface area contributed by atoms with Gasteiger partial charge in [-0.1, -0.05) is 55.8 Å². The van der Waals surface area contributed by atoms with Crippen molar-refractivity contribution in [1.82, 2.24) is 25.6 Å². The van der Waals surface area contributed by atoms with Crippen LogP contribution < -0.4 is 31.3 Å². The molecule has 1 heterocycles. The number of halogens is 4. The molecule has 0 unspecified atom stereocenters. The van der Waals surface area contributed by atoms with Crippen molar-refractivity contribution in [2.75, 3.05) is 42.8 Å². The summed E-state index contributed by atoms with van der Waals surface area (Å²) in [5.41, 5.74) is 1.21. The van der Waals surface area contributed by atoms with Gasteiger partial charge in [0.15, 0.2) is 6.61 Å². The van der Waals surface area contributed by atoms with Crippen molar-refractivity contribution in [3.63, 3.8) is 0 Å². The molecule has 5 N–H and O–H groups in total.